The minimum atomic E-state index is -0.242. The van der Waals surface area contributed by atoms with E-state index in [-0.39, 0.29) is 19.3 Å². The maximum absolute atomic E-state index is 5.86. The zero-order valence-electron chi connectivity index (χ0n) is 9.85. The molecule has 0 amide bonds. The Balaban J connectivity index is 2.10. The molecule has 3 nitrogen and oxygen atoms in total. The van der Waals surface area contributed by atoms with Crippen molar-refractivity contribution in [2.24, 2.45) is 0 Å². The fourth-order valence-electron chi connectivity index (χ4n) is 1.81. The van der Waals surface area contributed by atoms with Crippen LogP contribution in [0.25, 0.3) is 0 Å². The van der Waals surface area contributed by atoms with Gasteiger partial charge in [0.2, 0.25) is 0 Å². The van der Waals surface area contributed by atoms with Gasteiger partial charge in [0.1, 0.15) is 0 Å². The first kappa shape index (κ1) is 11.6. The lowest BCUT2D eigenvalue weighted by Gasteiger charge is -2.27. The van der Waals surface area contributed by atoms with E-state index in [9.17, 15) is 0 Å². The van der Waals surface area contributed by atoms with Crippen LogP contribution in [-0.4, -0.2) is 32.4 Å². The van der Waals surface area contributed by atoms with E-state index in [2.05, 4.69) is 19.2 Å². The third-order valence-corrected chi connectivity index (χ3v) is 2.65. The molecule has 1 aliphatic rings. The molecule has 4 heteroatoms. The van der Waals surface area contributed by atoms with Crippen LogP contribution in [0.1, 0.15) is 13.8 Å². The fraction of sp³-hybridized carbons (Fsp3) is 0.500. The second-order valence-electron chi connectivity index (χ2n) is 4.29. The molecule has 0 aromatic heterocycles. The molecule has 2 unspecified atom stereocenters. The maximum Gasteiger partial charge on any atom is 0.494 e. The topological polar surface area (TPSA) is 30.5 Å². The Kier molecular flexibility index (Phi) is 3.99. The Morgan fingerprint density at radius 2 is 1.62 bits per heavy atom. The van der Waals surface area contributed by atoms with Crippen LogP contribution in [-0.2, 0) is 9.31 Å². The average Bonchev–Trinajstić information content (AvgIpc) is 2.27. The van der Waals surface area contributed by atoms with Crippen molar-refractivity contribution in [2.75, 3.05) is 13.1 Å². The summed E-state index contributed by atoms with van der Waals surface area (Å²) >= 11 is 0. The van der Waals surface area contributed by atoms with E-state index in [0.29, 0.717) is 0 Å². The summed E-state index contributed by atoms with van der Waals surface area (Å²) < 4.78 is 11.7. The SMILES string of the molecule is CC1CNCC(C)OB(c2ccccc2)O1. The summed E-state index contributed by atoms with van der Waals surface area (Å²) in [5, 5.41) is 3.31. The predicted octanol–water partition coefficient (Wildman–Crippen LogP) is 0.795. The molecule has 0 aliphatic carbocycles. The minimum Gasteiger partial charge on any atom is -0.403 e. The van der Waals surface area contributed by atoms with Gasteiger partial charge in [-0.25, -0.2) is 0 Å². The second kappa shape index (κ2) is 5.48. The Morgan fingerprint density at radius 1 is 1.06 bits per heavy atom. The number of hydrogen-bond donors (Lipinski definition) is 1. The molecule has 1 saturated heterocycles. The van der Waals surface area contributed by atoms with Crippen LogP contribution in [0, 0.1) is 0 Å². The van der Waals surface area contributed by atoms with E-state index in [1.54, 1.807) is 0 Å². The zero-order valence-corrected chi connectivity index (χ0v) is 9.85. The van der Waals surface area contributed by atoms with Crippen molar-refractivity contribution >= 4 is 12.6 Å². The van der Waals surface area contributed by atoms with E-state index in [4.69, 9.17) is 9.31 Å². The Morgan fingerprint density at radius 3 is 2.19 bits per heavy atom. The molecule has 1 aromatic rings. The summed E-state index contributed by atoms with van der Waals surface area (Å²) in [5.41, 5.74) is 1.09. The lowest BCUT2D eigenvalue weighted by atomic mass is 9.78. The summed E-state index contributed by atoms with van der Waals surface area (Å²) in [6.45, 7) is 5.86. The fourth-order valence-corrected chi connectivity index (χ4v) is 1.81. The van der Waals surface area contributed by atoms with Gasteiger partial charge in [-0.15, -0.1) is 0 Å². The molecule has 1 N–H and O–H groups in total. The van der Waals surface area contributed by atoms with Crippen molar-refractivity contribution in [1.82, 2.24) is 5.32 Å². The van der Waals surface area contributed by atoms with Crippen LogP contribution >= 0.6 is 0 Å². The van der Waals surface area contributed by atoms with Crippen molar-refractivity contribution < 1.29 is 9.31 Å². The van der Waals surface area contributed by atoms with Crippen LogP contribution in [0.4, 0.5) is 0 Å². The maximum atomic E-state index is 5.86. The first-order chi connectivity index (χ1) is 7.75. The smallest absolute Gasteiger partial charge is 0.403 e. The van der Waals surface area contributed by atoms with Crippen LogP contribution in [0.5, 0.6) is 0 Å². The number of hydrogen-bond acceptors (Lipinski definition) is 3. The molecule has 0 bridgehead atoms. The lowest BCUT2D eigenvalue weighted by molar-refractivity contribution is 0.0990. The highest BCUT2D eigenvalue weighted by Crippen LogP contribution is 2.04. The molecule has 2 atom stereocenters. The Bertz CT molecular complexity index is 308. The standard InChI is InChI=1S/C12H18BNO2/c1-10-8-14-9-11(2)16-13(15-10)12-6-4-3-5-7-12/h3-7,10-11,14H,8-9H2,1-2H3. The van der Waals surface area contributed by atoms with Crippen molar-refractivity contribution in [1.29, 1.82) is 0 Å². The van der Waals surface area contributed by atoms with Crippen LogP contribution in [0.2, 0.25) is 0 Å². The third-order valence-electron chi connectivity index (χ3n) is 2.65. The lowest BCUT2D eigenvalue weighted by Crippen LogP contribution is -2.49. The number of rotatable bonds is 1. The molecule has 2 rings (SSSR count). The van der Waals surface area contributed by atoms with Crippen molar-refractivity contribution in [2.45, 2.75) is 26.1 Å². The summed E-state index contributed by atoms with van der Waals surface area (Å²) in [6, 6.07) is 10.1. The number of benzene rings is 1. The predicted molar refractivity (Wildman–Crippen MR) is 65.8 cm³/mol. The molecule has 1 fully saturated rings. The van der Waals surface area contributed by atoms with Gasteiger partial charge >= 0.3 is 7.12 Å². The van der Waals surface area contributed by atoms with Gasteiger partial charge in [-0.1, -0.05) is 30.3 Å². The highest BCUT2D eigenvalue weighted by molar-refractivity contribution is 6.61. The summed E-state index contributed by atoms with van der Waals surface area (Å²) in [4.78, 5) is 0. The van der Waals surface area contributed by atoms with Crippen molar-refractivity contribution in [3.8, 4) is 0 Å². The van der Waals surface area contributed by atoms with Crippen molar-refractivity contribution in [3.63, 3.8) is 0 Å². The monoisotopic (exact) mass is 219 g/mol. The van der Waals surface area contributed by atoms with E-state index in [1.807, 2.05) is 30.3 Å². The normalized spacial score (nSPS) is 27.2. The highest BCUT2D eigenvalue weighted by Gasteiger charge is 2.27. The average molecular weight is 219 g/mol. The Hall–Kier alpha value is -0.835. The molecular weight excluding hydrogens is 201 g/mol. The van der Waals surface area contributed by atoms with E-state index in [0.717, 1.165) is 18.6 Å². The van der Waals surface area contributed by atoms with Gasteiger partial charge < -0.3 is 14.6 Å². The van der Waals surface area contributed by atoms with E-state index in [1.165, 1.54) is 0 Å². The van der Waals surface area contributed by atoms with Gasteiger partial charge in [0.25, 0.3) is 0 Å². The zero-order chi connectivity index (χ0) is 11.4. The van der Waals surface area contributed by atoms with Gasteiger partial charge in [0.15, 0.2) is 0 Å². The molecule has 1 aliphatic heterocycles. The number of nitrogens with one attached hydrogen (secondary N) is 1. The summed E-state index contributed by atoms with van der Waals surface area (Å²) in [6.07, 6.45) is 0.329. The summed E-state index contributed by atoms with van der Waals surface area (Å²) in [5.74, 6) is 0. The van der Waals surface area contributed by atoms with Crippen molar-refractivity contribution in [3.05, 3.63) is 30.3 Å². The third kappa shape index (κ3) is 3.08. The quantitative estimate of drug-likeness (QED) is 0.708. The summed E-state index contributed by atoms with van der Waals surface area (Å²) in [7, 11) is -0.242. The van der Waals surface area contributed by atoms with Gasteiger partial charge in [0.05, 0.1) is 12.2 Å². The first-order valence-electron chi connectivity index (χ1n) is 5.82. The first-order valence-corrected chi connectivity index (χ1v) is 5.82. The molecule has 0 spiro atoms. The highest BCUT2D eigenvalue weighted by atomic mass is 16.6. The van der Waals surface area contributed by atoms with Gasteiger partial charge in [-0.3, -0.25) is 0 Å². The van der Waals surface area contributed by atoms with Crippen LogP contribution in [0.15, 0.2) is 30.3 Å². The largest absolute Gasteiger partial charge is 0.494 e. The van der Waals surface area contributed by atoms with E-state index < -0.39 is 0 Å². The molecule has 1 heterocycles. The van der Waals surface area contributed by atoms with Gasteiger partial charge in [-0.2, -0.15) is 0 Å². The molecule has 1 aromatic carbocycles. The van der Waals surface area contributed by atoms with Gasteiger partial charge in [0, 0.05) is 13.1 Å². The second-order valence-corrected chi connectivity index (χ2v) is 4.29. The van der Waals surface area contributed by atoms with Crippen LogP contribution < -0.4 is 10.8 Å². The molecule has 86 valence electrons. The molecule has 0 radical (unpaired) electrons. The minimum absolute atomic E-state index is 0.165. The van der Waals surface area contributed by atoms with Gasteiger partial charge in [-0.05, 0) is 19.3 Å². The van der Waals surface area contributed by atoms with Crippen LogP contribution in [0.3, 0.4) is 0 Å². The molecular formula is C12H18BNO2. The van der Waals surface area contributed by atoms with E-state index >= 15 is 0 Å². The molecule has 0 saturated carbocycles. The Labute approximate surface area is 97.3 Å². The molecule has 16 heavy (non-hydrogen) atoms.